The fourth-order valence-electron chi connectivity index (χ4n) is 1.77. The average molecular weight is 290 g/mol. The number of aliphatic carboxylic acids is 1. The number of para-hydroxylation sites is 1. The molecule has 0 spiro atoms. The topological polar surface area (TPSA) is 92.4 Å². The molecule has 1 unspecified atom stereocenters. The molecular weight excluding hydrogens is 276 g/mol. The van der Waals surface area contributed by atoms with Gasteiger partial charge in [0.15, 0.2) is 0 Å². The van der Waals surface area contributed by atoms with Crippen molar-refractivity contribution in [3.63, 3.8) is 0 Å². The van der Waals surface area contributed by atoms with Crippen LogP contribution in [0.4, 0.5) is 5.69 Å². The number of rotatable bonds is 5. The van der Waals surface area contributed by atoms with Crippen LogP contribution >= 0.6 is 11.3 Å². The lowest BCUT2D eigenvalue weighted by Crippen LogP contribution is -2.27. The molecule has 1 aromatic heterocycles. The first-order valence-corrected chi connectivity index (χ1v) is 6.85. The smallest absolute Gasteiger partial charge is 0.307 e. The third kappa shape index (κ3) is 3.43. The molecule has 1 aromatic carbocycles. The molecule has 2 rings (SSSR count). The Bertz CT molecular complexity index is 611. The van der Waals surface area contributed by atoms with E-state index in [1.807, 2.05) is 11.4 Å². The summed E-state index contributed by atoms with van der Waals surface area (Å²) in [5.74, 6) is -1.31. The van der Waals surface area contributed by atoms with Gasteiger partial charge in [0.1, 0.15) is 6.04 Å². The highest BCUT2D eigenvalue weighted by atomic mass is 32.1. The van der Waals surface area contributed by atoms with Crippen molar-refractivity contribution in [3.05, 3.63) is 52.2 Å². The van der Waals surface area contributed by atoms with Gasteiger partial charge in [-0.15, -0.1) is 11.3 Å². The summed E-state index contributed by atoms with van der Waals surface area (Å²) in [6.07, 6.45) is -0.148. The van der Waals surface area contributed by atoms with E-state index in [2.05, 4.69) is 5.32 Å². The largest absolute Gasteiger partial charge is 0.481 e. The van der Waals surface area contributed by atoms with Crippen molar-refractivity contribution in [2.75, 3.05) is 5.32 Å². The first-order valence-electron chi connectivity index (χ1n) is 5.97. The van der Waals surface area contributed by atoms with Crippen molar-refractivity contribution in [2.45, 2.75) is 12.5 Å². The van der Waals surface area contributed by atoms with Gasteiger partial charge in [0.25, 0.3) is 0 Å². The summed E-state index contributed by atoms with van der Waals surface area (Å²) in [7, 11) is 0. The van der Waals surface area contributed by atoms with Gasteiger partial charge >= 0.3 is 5.97 Å². The van der Waals surface area contributed by atoms with Crippen LogP contribution in [0.25, 0.3) is 0 Å². The Kier molecular flexibility index (Phi) is 4.49. The molecule has 0 aliphatic carbocycles. The van der Waals surface area contributed by atoms with E-state index >= 15 is 0 Å². The third-order valence-corrected chi connectivity index (χ3v) is 3.70. The summed E-state index contributed by atoms with van der Waals surface area (Å²) in [6, 6.07) is 9.65. The molecule has 2 aromatic rings. The van der Waals surface area contributed by atoms with Crippen LogP contribution in [0.1, 0.15) is 16.5 Å². The van der Waals surface area contributed by atoms with Gasteiger partial charge in [-0.25, -0.2) is 0 Å². The number of hydrogen-bond acceptors (Lipinski definition) is 4. The lowest BCUT2D eigenvalue weighted by atomic mass is 10.1. The molecule has 0 aliphatic rings. The maximum absolute atomic E-state index is 12.1. The number of carbonyl (C=O) groups excluding carboxylic acids is 1. The zero-order chi connectivity index (χ0) is 14.5. The summed E-state index contributed by atoms with van der Waals surface area (Å²) >= 11 is 1.40. The molecule has 5 nitrogen and oxygen atoms in total. The second-order valence-corrected chi connectivity index (χ2v) is 5.19. The first-order chi connectivity index (χ1) is 9.58. The number of nitrogens with one attached hydrogen (secondary N) is 1. The summed E-state index contributed by atoms with van der Waals surface area (Å²) in [5, 5.41) is 13.4. The molecular formula is C14H14N2O3S. The molecule has 0 bridgehead atoms. The van der Waals surface area contributed by atoms with E-state index in [0.717, 1.165) is 4.88 Å². The summed E-state index contributed by atoms with van der Waals surface area (Å²) in [5.41, 5.74) is 6.89. The Balaban J connectivity index is 2.13. The number of nitrogens with two attached hydrogens (primary N) is 1. The second-order valence-electron chi connectivity index (χ2n) is 4.21. The minimum Gasteiger partial charge on any atom is -0.481 e. The van der Waals surface area contributed by atoms with Crippen LogP contribution in [0.3, 0.4) is 0 Å². The lowest BCUT2D eigenvalue weighted by molar-refractivity contribution is -0.136. The van der Waals surface area contributed by atoms with E-state index in [-0.39, 0.29) is 12.3 Å². The number of anilines is 1. The van der Waals surface area contributed by atoms with Gasteiger partial charge in [-0.3, -0.25) is 9.59 Å². The van der Waals surface area contributed by atoms with Gasteiger partial charge in [-0.05, 0) is 23.1 Å². The Morgan fingerprint density at radius 3 is 2.65 bits per heavy atom. The fourth-order valence-corrected chi connectivity index (χ4v) is 2.49. The molecule has 0 aliphatic heterocycles. The summed E-state index contributed by atoms with van der Waals surface area (Å²) in [4.78, 5) is 23.6. The number of benzene rings is 1. The molecule has 0 saturated carbocycles. The number of hydrogen-bond donors (Lipinski definition) is 3. The zero-order valence-electron chi connectivity index (χ0n) is 10.6. The number of carboxylic acids is 1. The monoisotopic (exact) mass is 290 g/mol. The molecule has 1 heterocycles. The second kappa shape index (κ2) is 6.31. The van der Waals surface area contributed by atoms with Gasteiger partial charge in [-0.1, -0.05) is 24.3 Å². The molecule has 0 radical (unpaired) electrons. The molecule has 0 saturated heterocycles. The number of carboxylic acid groups (broad SMARTS) is 1. The minimum atomic E-state index is -0.950. The van der Waals surface area contributed by atoms with E-state index in [0.29, 0.717) is 11.3 Å². The van der Waals surface area contributed by atoms with Crippen molar-refractivity contribution in [1.29, 1.82) is 0 Å². The quantitative estimate of drug-likeness (QED) is 0.785. The Morgan fingerprint density at radius 1 is 1.25 bits per heavy atom. The molecule has 1 atom stereocenters. The molecule has 1 amide bonds. The minimum absolute atomic E-state index is 0.148. The number of carbonyl (C=O) groups is 2. The van der Waals surface area contributed by atoms with Gasteiger partial charge in [-0.2, -0.15) is 0 Å². The summed E-state index contributed by atoms with van der Waals surface area (Å²) < 4.78 is 0. The standard InChI is InChI=1S/C14H14N2O3S/c15-13(11-6-3-7-20-11)14(19)16-10-5-2-1-4-9(10)8-12(17)18/h1-7,13H,8,15H2,(H,16,19)(H,17,18). The van der Waals surface area contributed by atoms with Crippen LogP contribution in [0.5, 0.6) is 0 Å². The van der Waals surface area contributed by atoms with Crippen molar-refractivity contribution >= 4 is 28.9 Å². The van der Waals surface area contributed by atoms with Gasteiger partial charge in [0.05, 0.1) is 6.42 Å². The van der Waals surface area contributed by atoms with Crippen LogP contribution in [-0.4, -0.2) is 17.0 Å². The highest BCUT2D eigenvalue weighted by Crippen LogP contribution is 2.21. The lowest BCUT2D eigenvalue weighted by Gasteiger charge is -2.13. The Hall–Kier alpha value is -2.18. The van der Waals surface area contributed by atoms with Gasteiger partial charge in [0.2, 0.25) is 5.91 Å². The Labute approximate surface area is 120 Å². The molecule has 6 heteroatoms. The van der Waals surface area contributed by atoms with Gasteiger partial charge < -0.3 is 16.2 Å². The zero-order valence-corrected chi connectivity index (χ0v) is 11.4. The van der Waals surface area contributed by atoms with Crippen LogP contribution in [0, 0.1) is 0 Å². The van der Waals surface area contributed by atoms with Crippen molar-refractivity contribution < 1.29 is 14.7 Å². The van der Waals surface area contributed by atoms with Crippen molar-refractivity contribution in [2.24, 2.45) is 5.73 Å². The van der Waals surface area contributed by atoms with Gasteiger partial charge in [0, 0.05) is 10.6 Å². The third-order valence-electron chi connectivity index (χ3n) is 2.75. The highest BCUT2D eigenvalue weighted by molar-refractivity contribution is 7.10. The molecule has 0 fully saturated rings. The maximum Gasteiger partial charge on any atom is 0.307 e. The number of amides is 1. The summed E-state index contributed by atoms with van der Waals surface area (Å²) in [6.45, 7) is 0. The van der Waals surface area contributed by atoms with E-state index in [1.165, 1.54) is 11.3 Å². The van der Waals surface area contributed by atoms with Crippen molar-refractivity contribution in [1.82, 2.24) is 0 Å². The highest BCUT2D eigenvalue weighted by Gasteiger charge is 2.18. The predicted octanol–water partition coefficient (Wildman–Crippen LogP) is 2.01. The van der Waals surface area contributed by atoms with E-state index in [9.17, 15) is 9.59 Å². The average Bonchev–Trinajstić information content (AvgIpc) is 2.93. The Morgan fingerprint density at radius 2 is 2.00 bits per heavy atom. The normalized spacial score (nSPS) is 11.8. The van der Waals surface area contributed by atoms with Crippen LogP contribution in [0.2, 0.25) is 0 Å². The maximum atomic E-state index is 12.1. The van der Waals surface area contributed by atoms with E-state index in [1.54, 1.807) is 30.3 Å². The fraction of sp³-hybridized carbons (Fsp3) is 0.143. The van der Waals surface area contributed by atoms with Crippen LogP contribution in [0.15, 0.2) is 41.8 Å². The SMILES string of the molecule is NC(C(=O)Nc1ccccc1CC(=O)O)c1cccs1. The predicted molar refractivity (Wildman–Crippen MR) is 77.7 cm³/mol. The molecule has 20 heavy (non-hydrogen) atoms. The van der Waals surface area contributed by atoms with Crippen LogP contribution < -0.4 is 11.1 Å². The number of thiophene rings is 1. The van der Waals surface area contributed by atoms with E-state index < -0.39 is 12.0 Å². The van der Waals surface area contributed by atoms with Crippen LogP contribution in [-0.2, 0) is 16.0 Å². The molecule has 104 valence electrons. The first kappa shape index (κ1) is 14.2. The molecule has 4 N–H and O–H groups in total. The van der Waals surface area contributed by atoms with E-state index in [4.69, 9.17) is 10.8 Å². The van der Waals surface area contributed by atoms with Crippen molar-refractivity contribution in [3.8, 4) is 0 Å².